The molecule has 2 saturated carbocycles. The van der Waals surface area contributed by atoms with Gasteiger partial charge in [0.05, 0.1) is 5.92 Å². The van der Waals surface area contributed by atoms with E-state index in [-0.39, 0.29) is 22.5 Å². The molecular formula is C18H30O2. The number of hydrogen-bond acceptors (Lipinski definition) is 2. The van der Waals surface area contributed by atoms with Crippen molar-refractivity contribution in [3.63, 3.8) is 0 Å². The van der Waals surface area contributed by atoms with E-state index in [1.54, 1.807) is 0 Å². The zero-order chi connectivity index (χ0) is 15.0. The van der Waals surface area contributed by atoms with E-state index in [2.05, 4.69) is 27.7 Å². The predicted molar refractivity (Wildman–Crippen MR) is 81.5 cm³/mol. The first-order valence-electron chi connectivity index (χ1n) is 8.59. The average Bonchev–Trinajstić information content (AvgIpc) is 2.67. The van der Waals surface area contributed by atoms with Crippen LogP contribution >= 0.6 is 0 Å². The van der Waals surface area contributed by atoms with Crippen molar-refractivity contribution in [2.45, 2.75) is 79.1 Å². The molecule has 0 aromatic carbocycles. The first-order valence-corrected chi connectivity index (χ1v) is 8.59. The Balaban J connectivity index is 2.39. The van der Waals surface area contributed by atoms with E-state index in [4.69, 9.17) is 0 Å². The Morgan fingerprint density at radius 2 is 1.40 bits per heavy atom. The quantitative estimate of drug-likeness (QED) is 0.707. The van der Waals surface area contributed by atoms with Crippen LogP contribution in [0.15, 0.2) is 0 Å². The summed E-state index contributed by atoms with van der Waals surface area (Å²) < 4.78 is 0. The second-order valence-electron chi connectivity index (χ2n) is 7.04. The van der Waals surface area contributed by atoms with Crippen LogP contribution in [0.1, 0.15) is 79.1 Å². The third-order valence-corrected chi connectivity index (χ3v) is 6.67. The van der Waals surface area contributed by atoms with Crippen LogP contribution in [0, 0.1) is 22.7 Å². The predicted octanol–water partition coefficient (Wildman–Crippen LogP) is 4.56. The van der Waals surface area contributed by atoms with E-state index in [1.165, 1.54) is 0 Å². The molecule has 114 valence electrons. The molecule has 2 rings (SSSR count). The molecule has 0 heterocycles. The molecule has 0 amide bonds. The summed E-state index contributed by atoms with van der Waals surface area (Å²) in [5.74, 6) is 0.622. The second kappa shape index (κ2) is 5.61. The van der Waals surface area contributed by atoms with Crippen LogP contribution in [0.25, 0.3) is 0 Å². The molecule has 2 unspecified atom stereocenters. The highest BCUT2D eigenvalue weighted by Crippen LogP contribution is 2.54. The van der Waals surface area contributed by atoms with Crippen molar-refractivity contribution in [2.24, 2.45) is 22.7 Å². The van der Waals surface area contributed by atoms with Gasteiger partial charge in [0.15, 0.2) is 0 Å². The van der Waals surface area contributed by atoms with Crippen LogP contribution in [0.3, 0.4) is 0 Å². The van der Waals surface area contributed by atoms with Gasteiger partial charge >= 0.3 is 0 Å². The fourth-order valence-electron chi connectivity index (χ4n) is 4.86. The van der Waals surface area contributed by atoms with Crippen molar-refractivity contribution in [1.29, 1.82) is 0 Å². The molecule has 0 N–H and O–H groups in total. The van der Waals surface area contributed by atoms with Crippen LogP contribution in [0.5, 0.6) is 0 Å². The SMILES string of the molecule is CCC1(CC)CCCC2CC(CC)(CC)C(=O)C2C1=O. The molecule has 2 atom stereocenters. The van der Waals surface area contributed by atoms with E-state index >= 15 is 0 Å². The summed E-state index contributed by atoms with van der Waals surface area (Å²) in [6.45, 7) is 8.47. The lowest BCUT2D eigenvalue weighted by atomic mass is 9.70. The van der Waals surface area contributed by atoms with Gasteiger partial charge in [-0.1, -0.05) is 34.1 Å². The third kappa shape index (κ3) is 2.07. The molecule has 0 aliphatic heterocycles. The van der Waals surface area contributed by atoms with Crippen molar-refractivity contribution in [3.05, 3.63) is 0 Å². The lowest BCUT2D eigenvalue weighted by Crippen LogP contribution is -2.40. The highest BCUT2D eigenvalue weighted by molar-refractivity contribution is 6.09. The average molecular weight is 278 g/mol. The van der Waals surface area contributed by atoms with Gasteiger partial charge in [0.25, 0.3) is 0 Å². The normalized spacial score (nSPS) is 32.0. The van der Waals surface area contributed by atoms with Crippen LogP contribution in [-0.2, 0) is 9.59 Å². The molecule has 2 aliphatic rings. The smallest absolute Gasteiger partial charge is 0.149 e. The summed E-state index contributed by atoms with van der Waals surface area (Å²) in [7, 11) is 0. The Bertz CT molecular complexity index is 388. The van der Waals surface area contributed by atoms with Gasteiger partial charge in [-0.25, -0.2) is 0 Å². The molecule has 20 heavy (non-hydrogen) atoms. The number of fused-ring (bicyclic) bond motifs is 1. The van der Waals surface area contributed by atoms with Gasteiger partial charge in [-0.2, -0.15) is 0 Å². The highest BCUT2D eigenvalue weighted by atomic mass is 16.2. The van der Waals surface area contributed by atoms with Gasteiger partial charge < -0.3 is 0 Å². The molecule has 0 saturated heterocycles. The maximum absolute atomic E-state index is 13.1. The van der Waals surface area contributed by atoms with Crippen molar-refractivity contribution in [3.8, 4) is 0 Å². The fourth-order valence-corrected chi connectivity index (χ4v) is 4.86. The lowest BCUT2D eigenvalue weighted by molar-refractivity contribution is -0.141. The lowest BCUT2D eigenvalue weighted by Gasteiger charge is -2.32. The van der Waals surface area contributed by atoms with Crippen LogP contribution in [-0.4, -0.2) is 11.6 Å². The number of carbonyl (C=O) groups excluding carboxylic acids is 2. The van der Waals surface area contributed by atoms with Gasteiger partial charge in [0.1, 0.15) is 11.6 Å². The number of rotatable bonds is 4. The second-order valence-corrected chi connectivity index (χ2v) is 7.04. The zero-order valence-corrected chi connectivity index (χ0v) is 13.6. The first-order chi connectivity index (χ1) is 9.50. The van der Waals surface area contributed by atoms with Crippen molar-refractivity contribution >= 4 is 11.6 Å². The van der Waals surface area contributed by atoms with Gasteiger partial charge in [0.2, 0.25) is 0 Å². The molecule has 0 aromatic rings. The molecule has 2 nitrogen and oxygen atoms in total. The van der Waals surface area contributed by atoms with Crippen molar-refractivity contribution in [1.82, 2.24) is 0 Å². The summed E-state index contributed by atoms with van der Waals surface area (Å²) in [5, 5.41) is 0. The van der Waals surface area contributed by atoms with E-state index in [0.717, 1.165) is 51.4 Å². The summed E-state index contributed by atoms with van der Waals surface area (Å²) in [5.41, 5.74) is -0.414. The van der Waals surface area contributed by atoms with Crippen molar-refractivity contribution in [2.75, 3.05) is 0 Å². The summed E-state index contributed by atoms with van der Waals surface area (Å²) in [4.78, 5) is 26.1. The summed E-state index contributed by atoms with van der Waals surface area (Å²) in [6, 6.07) is 0. The van der Waals surface area contributed by atoms with Crippen LogP contribution in [0.4, 0.5) is 0 Å². The molecule has 0 bridgehead atoms. The van der Waals surface area contributed by atoms with Gasteiger partial charge in [0, 0.05) is 10.8 Å². The van der Waals surface area contributed by atoms with E-state index in [9.17, 15) is 9.59 Å². The van der Waals surface area contributed by atoms with Gasteiger partial charge in [-0.15, -0.1) is 0 Å². The maximum Gasteiger partial charge on any atom is 0.149 e. The van der Waals surface area contributed by atoms with Crippen LogP contribution in [0.2, 0.25) is 0 Å². The molecule has 0 aromatic heterocycles. The Hall–Kier alpha value is -0.660. The molecule has 2 aliphatic carbocycles. The van der Waals surface area contributed by atoms with E-state index in [0.29, 0.717) is 11.7 Å². The molecule has 0 radical (unpaired) electrons. The topological polar surface area (TPSA) is 34.1 Å². The first kappa shape index (κ1) is 15.7. The number of ketones is 2. The Morgan fingerprint density at radius 1 is 0.900 bits per heavy atom. The Labute approximate surface area is 123 Å². The maximum atomic E-state index is 13.1. The Morgan fingerprint density at radius 3 is 1.90 bits per heavy atom. The van der Waals surface area contributed by atoms with E-state index < -0.39 is 0 Å². The number of carbonyl (C=O) groups is 2. The van der Waals surface area contributed by atoms with Gasteiger partial charge in [-0.3, -0.25) is 9.59 Å². The van der Waals surface area contributed by atoms with E-state index in [1.807, 2.05) is 0 Å². The minimum absolute atomic E-state index is 0.199. The number of Topliss-reactive ketones (excluding diaryl/α,β-unsaturated/α-hetero) is 2. The van der Waals surface area contributed by atoms with Gasteiger partial charge in [-0.05, 0) is 50.9 Å². The minimum Gasteiger partial charge on any atom is -0.298 e. The fraction of sp³-hybridized carbons (Fsp3) is 0.889. The molecule has 0 spiro atoms. The Kier molecular flexibility index (Phi) is 4.41. The molecule has 2 heteroatoms. The molecule has 2 fully saturated rings. The van der Waals surface area contributed by atoms with Crippen molar-refractivity contribution < 1.29 is 9.59 Å². The standard InChI is InChI=1S/C18H30O2/c1-5-17(6-2)11-9-10-13-12-18(7-3,8-4)16(20)14(13)15(17)19/h13-14H,5-12H2,1-4H3. The zero-order valence-electron chi connectivity index (χ0n) is 13.6. The highest BCUT2D eigenvalue weighted by Gasteiger charge is 2.57. The number of hydrogen-bond donors (Lipinski definition) is 0. The minimum atomic E-state index is -0.280. The largest absolute Gasteiger partial charge is 0.298 e. The molecular weight excluding hydrogens is 248 g/mol. The summed E-state index contributed by atoms with van der Waals surface area (Å²) >= 11 is 0. The summed E-state index contributed by atoms with van der Waals surface area (Å²) in [6.07, 6.45) is 7.72. The van der Waals surface area contributed by atoms with Crippen LogP contribution < -0.4 is 0 Å². The monoisotopic (exact) mass is 278 g/mol. The third-order valence-electron chi connectivity index (χ3n) is 6.67.